The molecule has 2 nitrogen and oxygen atoms in total. The third kappa shape index (κ3) is 1.45. The molecule has 0 saturated heterocycles. The van der Waals surface area contributed by atoms with Crippen molar-refractivity contribution in [2.24, 2.45) is 0 Å². The van der Waals surface area contributed by atoms with Crippen molar-refractivity contribution < 1.29 is 4.74 Å². The predicted octanol–water partition coefficient (Wildman–Crippen LogP) is 4.52. The van der Waals surface area contributed by atoms with Crippen LogP contribution in [0.4, 0.5) is 5.69 Å². The zero-order valence-electron chi connectivity index (χ0n) is 13.6. The third-order valence-corrected chi connectivity index (χ3v) is 5.32. The number of fused-ring (bicyclic) bond motifs is 2. The van der Waals surface area contributed by atoms with Gasteiger partial charge in [0.25, 0.3) is 0 Å². The van der Waals surface area contributed by atoms with E-state index in [9.17, 15) is 0 Å². The number of nitrogens with zero attached hydrogens (tertiary/aromatic N) is 1. The van der Waals surface area contributed by atoms with Gasteiger partial charge in [-0.15, -0.1) is 0 Å². The molecule has 1 atom stereocenters. The number of rotatable bonds is 0. The summed E-state index contributed by atoms with van der Waals surface area (Å²) in [4.78, 5) is 2.27. The summed E-state index contributed by atoms with van der Waals surface area (Å²) in [6.45, 7) is 6.65. The van der Waals surface area contributed by atoms with Crippen LogP contribution >= 0.6 is 0 Å². The maximum atomic E-state index is 6.66. The Hall–Kier alpha value is -2.22. The fourth-order valence-corrected chi connectivity index (χ4v) is 3.94. The number of ether oxygens (including phenoxy) is 1. The number of anilines is 1. The Balaban J connectivity index is 1.93. The number of para-hydroxylation sites is 2. The van der Waals surface area contributed by atoms with Crippen molar-refractivity contribution in [1.29, 1.82) is 0 Å². The van der Waals surface area contributed by atoms with E-state index >= 15 is 0 Å². The van der Waals surface area contributed by atoms with Crippen LogP contribution in [0.15, 0.2) is 48.5 Å². The van der Waals surface area contributed by atoms with Gasteiger partial charge in [-0.25, -0.2) is 0 Å². The van der Waals surface area contributed by atoms with Gasteiger partial charge < -0.3 is 9.64 Å². The van der Waals surface area contributed by atoms with E-state index in [0.717, 1.165) is 11.3 Å². The van der Waals surface area contributed by atoms with E-state index in [1.807, 2.05) is 0 Å². The van der Waals surface area contributed by atoms with E-state index in [1.54, 1.807) is 0 Å². The van der Waals surface area contributed by atoms with Gasteiger partial charge in [0, 0.05) is 18.3 Å². The largest absolute Gasteiger partial charge is 0.463 e. The number of benzene rings is 2. The van der Waals surface area contributed by atoms with Crippen molar-refractivity contribution in [3.05, 3.63) is 65.2 Å². The molecule has 2 aliphatic heterocycles. The molecule has 0 bridgehead atoms. The Labute approximate surface area is 132 Å². The van der Waals surface area contributed by atoms with Crippen molar-refractivity contribution in [2.75, 3.05) is 11.9 Å². The van der Waals surface area contributed by atoms with E-state index in [2.05, 4.69) is 87.3 Å². The predicted molar refractivity (Wildman–Crippen MR) is 91.4 cm³/mol. The first-order valence-corrected chi connectivity index (χ1v) is 7.78. The van der Waals surface area contributed by atoms with E-state index in [-0.39, 0.29) is 5.41 Å². The molecule has 22 heavy (non-hydrogen) atoms. The van der Waals surface area contributed by atoms with Gasteiger partial charge in [0.1, 0.15) is 5.75 Å². The Morgan fingerprint density at radius 1 is 1.00 bits per heavy atom. The average molecular weight is 291 g/mol. The number of likely N-dealkylation sites (N-methyl/N-ethyl adjacent to an activating group) is 1. The molecule has 2 aliphatic rings. The Morgan fingerprint density at radius 2 is 1.77 bits per heavy atom. The monoisotopic (exact) mass is 291 g/mol. The zero-order chi connectivity index (χ0) is 15.5. The van der Waals surface area contributed by atoms with E-state index in [4.69, 9.17) is 4.74 Å². The molecule has 0 unspecified atom stereocenters. The standard InChI is InChI=1S/C20H21NO/c1-14-8-7-9-15-12-13-20(22-18(14)15)19(2,3)16-10-5-6-11-17(16)21(20)4/h5-13H,1-4H3/t20-/m1/s1. The number of hydrogen-bond donors (Lipinski definition) is 0. The van der Waals surface area contributed by atoms with E-state index < -0.39 is 5.72 Å². The highest BCUT2D eigenvalue weighted by Gasteiger charge is 2.57. The Kier molecular flexibility index (Phi) is 2.54. The van der Waals surface area contributed by atoms with Crippen molar-refractivity contribution in [2.45, 2.75) is 31.9 Å². The van der Waals surface area contributed by atoms with Crippen LogP contribution in [0.5, 0.6) is 5.75 Å². The molecule has 0 fully saturated rings. The molecule has 2 heteroatoms. The second-order valence-corrected chi connectivity index (χ2v) is 6.83. The van der Waals surface area contributed by atoms with Crippen LogP contribution < -0.4 is 9.64 Å². The second-order valence-electron chi connectivity index (χ2n) is 6.83. The molecule has 112 valence electrons. The molecular formula is C20H21NO. The quantitative estimate of drug-likeness (QED) is 0.707. The highest BCUT2D eigenvalue weighted by molar-refractivity contribution is 5.72. The van der Waals surface area contributed by atoms with Crippen LogP contribution in [-0.4, -0.2) is 12.8 Å². The number of hydrogen-bond acceptors (Lipinski definition) is 2. The van der Waals surface area contributed by atoms with Gasteiger partial charge in [-0.2, -0.15) is 0 Å². The summed E-state index contributed by atoms with van der Waals surface area (Å²) in [6, 6.07) is 14.9. The SMILES string of the molecule is Cc1cccc2c1O[C@@]1(C=C2)N(C)c2ccccc2C1(C)C. The summed E-state index contributed by atoms with van der Waals surface area (Å²) < 4.78 is 6.66. The van der Waals surface area contributed by atoms with Gasteiger partial charge in [-0.1, -0.05) is 36.4 Å². The summed E-state index contributed by atoms with van der Waals surface area (Å²) in [6.07, 6.45) is 4.42. The fraction of sp³-hybridized carbons (Fsp3) is 0.300. The van der Waals surface area contributed by atoms with Crippen LogP contribution in [0, 0.1) is 6.92 Å². The minimum Gasteiger partial charge on any atom is -0.463 e. The Bertz CT molecular complexity index is 790. The van der Waals surface area contributed by atoms with Gasteiger partial charge in [0.2, 0.25) is 5.72 Å². The molecule has 1 spiro atoms. The molecule has 4 rings (SSSR count). The van der Waals surface area contributed by atoms with Crippen LogP contribution in [-0.2, 0) is 5.41 Å². The third-order valence-electron chi connectivity index (χ3n) is 5.32. The molecular weight excluding hydrogens is 270 g/mol. The normalized spacial score (nSPS) is 24.1. The lowest BCUT2D eigenvalue weighted by Crippen LogP contribution is -2.58. The van der Waals surface area contributed by atoms with Gasteiger partial charge in [-0.05, 0) is 50.1 Å². The molecule has 0 amide bonds. The molecule has 0 saturated carbocycles. The maximum Gasteiger partial charge on any atom is 0.211 e. The summed E-state index contributed by atoms with van der Waals surface area (Å²) in [5.41, 5.74) is 4.31. The molecule has 0 aliphatic carbocycles. The lowest BCUT2D eigenvalue weighted by molar-refractivity contribution is 0.0574. The van der Waals surface area contributed by atoms with Gasteiger partial charge in [-0.3, -0.25) is 0 Å². The van der Waals surface area contributed by atoms with Crippen molar-refractivity contribution in [1.82, 2.24) is 0 Å². The van der Waals surface area contributed by atoms with Crippen molar-refractivity contribution in [3.63, 3.8) is 0 Å². The number of aryl methyl sites for hydroxylation is 1. The Morgan fingerprint density at radius 3 is 2.55 bits per heavy atom. The second kappa shape index (κ2) is 4.16. The highest BCUT2D eigenvalue weighted by Crippen LogP contribution is 2.54. The van der Waals surface area contributed by atoms with E-state index in [0.29, 0.717) is 0 Å². The summed E-state index contributed by atoms with van der Waals surface area (Å²) in [7, 11) is 2.13. The van der Waals surface area contributed by atoms with Crippen LogP contribution in [0.1, 0.15) is 30.5 Å². The molecule has 2 heterocycles. The molecule has 2 aromatic carbocycles. The first kappa shape index (κ1) is 13.4. The zero-order valence-corrected chi connectivity index (χ0v) is 13.6. The minimum atomic E-state index is -0.476. The lowest BCUT2D eigenvalue weighted by atomic mass is 9.76. The van der Waals surface area contributed by atoms with Gasteiger partial charge in [0.15, 0.2) is 0 Å². The molecule has 0 aromatic heterocycles. The van der Waals surface area contributed by atoms with Crippen LogP contribution in [0.3, 0.4) is 0 Å². The lowest BCUT2D eigenvalue weighted by Gasteiger charge is -2.46. The minimum absolute atomic E-state index is 0.130. The van der Waals surface area contributed by atoms with Crippen molar-refractivity contribution >= 4 is 11.8 Å². The highest BCUT2D eigenvalue weighted by atomic mass is 16.5. The first-order chi connectivity index (χ1) is 10.5. The van der Waals surface area contributed by atoms with Crippen molar-refractivity contribution in [3.8, 4) is 5.75 Å². The van der Waals surface area contributed by atoms with Gasteiger partial charge in [0.05, 0.1) is 5.41 Å². The molecule has 0 radical (unpaired) electrons. The maximum absolute atomic E-state index is 6.66. The summed E-state index contributed by atoms with van der Waals surface area (Å²) in [5.74, 6) is 0.998. The fourth-order valence-electron chi connectivity index (χ4n) is 3.94. The molecule has 2 aromatic rings. The van der Waals surface area contributed by atoms with Crippen LogP contribution in [0.25, 0.3) is 6.08 Å². The average Bonchev–Trinajstić information content (AvgIpc) is 2.68. The van der Waals surface area contributed by atoms with E-state index in [1.165, 1.54) is 16.8 Å². The summed E-state index contributed by atoms with van der Waals surface area (Å²) in [5, 5.41) is 0. The van der Waals surface area contributed by atoms with Crippen LogP contribution in [0.2, 0.25) is 0 Å². The first-order valence-electron chi connectivity index (χ1n) is 7.78. The topological polar surface area (TPSA) is 12.5 Å². The van der Waals surface area contributed by atoms with Gasteiger partial charge >= 0.3 is 0 Å². The summed E-state index contributed by atoms with van der Waals surface area (Å²) >= 11 is 0. The smallest absolute Gasteiger partial charge is 0.211 e. The molecule has 0 N–H and O–H groups in total.